The summed E-state index contributed by atoms with van der Waals surface area (Å²) in [6, 6.07) is 64.1. The van der Waals surface area contributed by atoms with Gasteiger partial charge >= 0.3 is 0 Å². The van der Waals surface area contributed by atoms with Gasteiger partial charge in [-0.05, 0) is 57.1 Å². The Kier molecular flexibility index (Phi) is 6.53. The standard InChI is InChI=1S/C48H30O2/c1-4-14-31(15-5-1)34-20-10-22-36(28-34)38-24-12-26-40-42-30-43-41-27-13-25-39(37-23-11-21-35(29-37)32-16-6-2-7-17-32)46(41)50-48(43)44(47(42)49-45(38)40)33-18-8-3-9-19-33/h1-30H. The van der Waals surface area contributed by atoms with Crippen LogP contribution in [-0.4, -0.2) is 0 Å². The Morgan fingerprint density at radius 2 is 0.620 bits per heavy atom. The van der Waals surface area contributed by atoms with Crippen molar-refractivity contribution in [3.8, 4) is 55.6 Å². The zero-order chi connectivity index (χ0) is 33.0. The zero-order valence-corrected chi connectivity index (χ0v) is 27.1. The number of fused-ring (bicyclic) bond motifs is 6. The largest absolute Gasteiger partial charge is 0.455 e. The molecule has 0 unspecified atom stereocenters. The fourth-order valence-electron chi connectivity index (χ4n) is 7.50. The van der Waals surface area contributed by atoms with Crippen LogP contribution in [0.15, 0.2) is 191 Å². The van der Waals surface area contributed by atoms with E-state index in [1.807, 2.05) is 6.07 Å². The maximum absolute atomic E-state index is 6.99. The van der Waals surface area contributed by atoms with Gasteiger partial charge in [0.15, 0.2) is 0 Å². The van der Waals surface area contributed by atoms with Crippen molar-refractivity contribution in [2.24, 2.45) is 0 Å². The molecule has 234 valence electrons. The number of benzene rings is 8. The average molecular weight is 639 g/mol. The molecule has 2 heteroatoms. The van der Waals surface area contributed by atoms with Crippen molar-refractivity contribution in [3.63, 3.8) is 0 Å². The van der Waals surface area contributed by atoms with E-state index in [9.17, 15) is 0 Å². The lowest BCUT2D eigenvalue weighted by molar-refractivity contribution is 0.659. The molecule has 2 aromatic heterocycles. The molecule has 0 aliphatic carbocycles. The van der Waals surface area contributed by atoms with Gasteiger partial charge in [-0.2, -0.15) is 0 Å². The lowest BCUT2D eigenvalue weighted by Gasteiger charge is -2.07. The van der Waals surface area contributed by atoms with E-state index >= 15 is 0 Å². The number of rotatable bonds is 5. The molecule has 0 saturated heterocycles. The van der Waals surface area contributed by atoms with Crippen molar-refractivity contribution in [1.29, 1.82) is 0 Å². The van der Waals surface area contributed by atoms with Crippen LogP contribution in [0.2, 0.25) is 0 Å². The van der Waals surface area contributed by atoms with E-state index in [-0.39, 0.29) is 0 Å². The lowest BCUT2D eigenvalue weighted by atomic mass is 9.95. The Hall–Kier alpha value is -6.64. The second kappa shape index (κ2) is 11.5. The third-order valence-corrected chi connectivity index (χ3v) is 9.87. The fourth-order valence-corrected chi connectivity index (χ4v) is 7.50. The highest BCUT2D eigenvalue weighted by molar-refractivity contribution is 6.24. The second-order valence-electron chi connectivity index (χ2n) is 12.8. The van der Waals surface area contributed by atoms with Crippen molar-refractivity contribution in [3.05, 3.63) is 182 Å². The molecule has 0 saturated carbocycles. The quantitative estimate of drug-likeness (QED) is 0.187. The minimum absolute atomic E-state index is 0.831. The molecule has 50 heavy (non-hydrogen) atoms. The van der Waals surface area contributed by atoms with Crippen molar-refractivity contribution >= 4 is 43.9 Å². The average Bonchev–Trinajstić information content (AvgIpc) is 3.76. The Morgan fingerprint density at radius 1 is 0.240 bits per heavy atom. The van der Waals surface area contributed by atoms with Gasteiger partial charge in [0.05, 0.1) is 5.56 Å². The van der Waals surface area contributed by atoms with Crippen LogP contribution in [0.4, 0.5) is 0 Å². The smallest absolute Gasteiger partial charge is 0.147 e. The summed E-state index contributed by atoms with van der Waals surface area (Å²) in [6.45, 7) is 0. The molecule has 10 aromatic rings. The topological polar surface area (TPSA) is 26.3 Å². The first-order valence-corrected chi connectivity index (χ1v) is 17.0. The minimum atomic E-state index is 0.831. The first kappa shape index (κ1) is 28.4. The van der Waals surface area contributed by atoms with E-state index < -0.39 is 0 Å². The van der Waals surface area contributed by atoms with Gasteiger partial charge in [0.25, 0.3) is 0 Å². The van der Waals surface area contributed by atoms with Gasteiger partial charge < -0.3 is 8.83 Å². The first-order valence-electron chi connectivity index (χ1n) is 17.0. The summed E-state index contributed by atoms with van der Waals surface area (Å²) in [4.78, 5) is 0. The first-order chi connectivity index (χ1) is 24.8. The van der Waals surface area contributed by atoms with Crippen molar-refractivity contribution in [2.75, 3.05) is 0 Å². The van der Waals surface area contributed by atoms with Crippen LogP contribution in [0, 0.1) is 0 Å². The molecular formula is C48H30O2. The molecule has 10 rings (SSSR count). The van der Waals surface area contributed by atoms with Gasteiger partial charge in [-0.15, -0.1) is 0 Å². The van der Waals surface area contributed by atoms with Gasteiger partial charge in [0.2, 0.25) is 0 Å². The van der Waals surface area contributed by atoms with Crippen molar-refractivity contribution < 1.29 is 8.83 Å². The van der Waals surface area contributed by atoms with E-state index in [1.165, 1.54) is 22.3 Å². The van der Waals surface area contributed by atoms with Crippen LogP contribution < -0.4 is 0 Å². The lowest BCUT2D eigenvalue weighted by Crippen LogP contribution is -1.82. The molecule has 0 N–H and O–H groups in total. The van der Waals surface area contributed by atoms with Crippen LogP contribution in [0.25, 0.3) is 99.5 Å². The molecular weight excluding hydrogens is 609 g/mol. The molecule has 0 fully saturated rings. The van der Waals surface area contributed by atoms with Gasteiger partial charge in [0.1, 0.15) is 22.3 Å². The summed E-state index contributed by atoms with van der Waals surface area (Å²) >= 11 is 0. The Bertz CT molecular complexity index is 2670. The summed E-state index contributed by atoms with van der Waals surface area (Å²) in [5.74, 6) is 0. The van der Waals surface area contributed by atoms with E-state index in [0.717, 1.165) is 77.3 Å². The molecule has 2 heterocycles. The van der Waals surface area contributed by atoms with Gasteiger partial charge in [0, 0.05) is 32.7 Å². The summed E-state index contributed by atoms with van der Waals surface area (Å²) in [6.07, 6.45) is 0. The van der Waals surface area contributed by atoms with Gasteiger partial charge in [-0.3, -0.25) is 0 Å². The zero-order valence-electron chi connectivity index (χ0n) is 27.1. The van der Waals surface area contributed by atoms with Crippen molar-refractivity contribution in [2.45, 2.75) is 0 Å². The second-order valence-corrected chi connectivity index (χ2v) is 12.8. The predicted octanol–water partition coefficient (Wildman–Crippen LogP) is 13.8. The van der Waals surface area contributed by atoms with E-state index in [2.05, 4.69) is 176 Å². The number of furan rings is 2. The fraction of sp³-hybridized carbons (Fsp3) is 0. The van der Waals surface area contributed by atoms with Crippen LogP contribution >= 0.6 is 0 Å². The highest BCUT2D eigenvalue weighted by Crippen LogP contribution is 2.47. The molecule has 0 amide bonds. The van der Waals surface area contributed by atoms with Gasteiger partial charge in [-0.1, -0.05) is 164 Å². The predicted molar refractivity (Wildman–Crippen MR) is 208 cm³/mol. The van der Waals surface area contributed by atoms with Crippen LogP contribution in [0.3, 0.4) is 0 Å². The summed E-state index contributed by atoms with van der Waals surface area (Å²) < 4.78 is 14.0. The number of hydrogen-bond acceptors (Lipinski definition) is 2. The Morgan fingerprint density at radius 3 is 1.08 bits per heavy atom. The SMILES string of the molecule is c1ccc(-c2cccc(-c3cccc4c3oc3c(-c5ccccc5)c5oc6c(-c7cccc(-c8ccccc8)c7)cccc6c5cc34)c2)cc1. The van der Waals surface area contributed by atoms with Crippen LogP contribution in [-0.2, 0) is 0 Å². The highest BCUT2D eigenvalue weighted by atomic mass is 16.3. The van der Waals surface area contributed by atoms with Crippen LogP contribution in [0.1, 0.15) is 0 Å². The van der Waals surface area contributed by atoms with E-state index in [1.54, 1.807) is 0 Å². The minimum Gasteiger partial charge on any atom is -0.455 e. The Balaban J connectivity index is 1.22. The molecule has 0 spiro atoms. The van der Waals surface area contributed by atoms with E-state index in [4.69, 9.17) is 8.83 Å². The Labute approximate surface area is 289 Å². The summed E-state index contributed by atoms with van der Waals surface area (Å²) in [7, 11) is 0. The van der Waals surface area contributed by atoms with Crippen molar-refractivity contribution in [1.82, 2.24) is 0 Å². The molecule has 0 bridgehead atoms. The number of hydrogen-bond donors (Lipinski definition) is 0. The molecule has 2 nitrogen and oxygen atoms in total. The maximum Gasteiger partial charge on any atom is 0.147 e. The molecule has 0 aliphatic heterocycles. The normalized spacial score (nSPS) is 11.6. The number of para-hydroxylation sites is 2. The highest BCUT2D eigenvalue weighted by Gasteiger charge is 2.23. The molecule has 0 radical (unpaired) electrons. The maximum atomic E-state index is 6.99. The third kappa shape index (κ3) is 4.57. The summed E-state index contributed by atoms with van der Waals surface area (Å²) in [5.41, 5.74) is 14.5. The summed E-state index contributed by atoms with van der Waals surface area (Å²) in [5, 5.41) is 4.32. The monoisotopic (exact) mass is 638 g/mol. The van der Waals surface area contributed by atoms with Gasteiger partial charge in [-0.25, -0.2) is 0 Å². The molecule has 0 atom stereocenters. The van der Waals surface area contributed by atoms with E-state index in [0.29, 0.717) is 0 Å². The molecule has 0 aliphatic rings. The molecule has 8 aromatic carbocycles. The van der Waals surface area contributed by atoms with Crippen LogP contribution in [0.5, 0.6) is 0 Å². The third-order valence-electron chi connectivity index (χ3n) is 9.87.